The molecule has 0 aromatic carbocycles. The maximum atomic E-state index is 11.9. The maximum absolute atomic E-state index is 11.9. The molecular formula is C10H10ClN3O2S. The van der Waals surface area contributed by atoms with E-state index in [0.717, 1.165) is 0 Å². The van der Waals surface area contributed by atoms with Crippen LogP contribution < -0.4 is 4.72 Å². The minimum absolute atomic E-state index is 0.171. The first kappa shape index (κ1) is 11.9. The summed E-state index contributed by atoms with van der Waals surface area (Å²) in [5.74, 6) is 0. The summed E-state index contributed by atoms with van der Waals surface area (Å²) in [4.78, 5) is 6.73. The fourth-order valence-electron chi connectivity index (χ4n) is 1.30. The molecule has 0 unspecified atom stereocenters. The van der Waals surface area contributed by atoms with Crippen molar-refractivity contribution in [2.24, 2.45) is 0 Å². The molecule has 2 aromatic heterocycles. The van der Waals surface area contributed by atoms with E-state index in [4.69, 9.17) is 11.6 Å². The van der Waals surface area contributed by atoms with Crippen LogP contribution in [0.3, 0.4) is 0 Å². The summed E-state index contributed by atoms with van der Waals surface area (Å²) in [6.07, 6.45) is 4.32. The molecule has 0 saturated heterocycles. The minimum Gasteiger partial charge on any atom is -0.366 e. The van der Waals surface area contributed by atoms with Crippen LogP contribution in [0.4, 0.5) is 5.69 Å². The van der Waals surface area contributed by atoms with Gasteiger partial charge in [0.25, 0.3) is 10.0 Å². The Morgan fingerprint density at radius 3 is 2.82 bits per heavy atom. The van der Waals surface area contributed by atoms with Gasteiger partial charge in [0.1, 0.15) is 10.0 Å². The third kappa shape index (κ3) is 2.59. The zero-order valence-corrected chi connectivity index (χ0v) is 10.5. The number of hydrogen-bond donors (Lipinski definition) is 2. The molecule has 0 radical (unpaired) electrons. The zero-order chi connectivity index (χ0) is 12.5. The maximum Gasteiger partial charge on any atom is 0.263 e. The SMILES string of the molecule is Cc1cc(NS(=O)(=O)c2cc[nH]c2)cnc1Cl. The number of aryl methyl sites for hydroxylation is 1. The topological polar surface area (TPSA) is 74.8 Å². The Morgan fingerprint density at radius 2 is 2.24 bits per heavy atom. The summed E-state index contributed by atoms with van der Waals surface area (Å²) in [6, 6.07) is 3.10. The molecule has 0 aliphatic carbocycles. The molecule has 2 N–H and O–H groups in total. The molecule has 2 rings (SSSR count). The second kappa shape index (κ2) is 4.38. The number of anilines is 1. The summed E-state index contributed by atoms with van der Waals surface area (Å²) in [7, 11) is -3.56. The Labute approximate surface area is 104 Å². The van der Waals surface area contributed by atoms with Gasteiger partial charge in [0.15, 0.2) is 0 Å². The number of sulfonamides is 1. The van der Waals surface area contributed by atoms with Gasteiger partial charge in [0.05, 0.1) is 11.9 Å². The van der Waals surface area contributed by atoms with Gasteiger partial charge in [0.2, 0.25) is 0 Å². The van der Waals surface area contributed by atoms with Crippen molar-refractivity contribution in [3.8, 4) is 0 Å². The Morgan fingerprint density at radius 1 is 1.47 bits per heavy atom. The highest BCUT2D eigenvalue weighted by Gasteiger charge is 2.14. The number of H-pyrrole nitrogens is 1. The zero-order valence-electron chi connectivity index (χ0n) is 8.94. The molecule has 0 aliphatic rings. The monoisotopic (exact) mass is 271 g/mol. The number of aromatic nitrogens is 2. The van der Waals surface area contributed by atoms with E-state index >= 15 is 0 Å². The minimum atomic E-state index is -3.56. The lowest BCUT2D eigenvalue weighted by Gasteiger charge is -2.07. The third-order valence-corrected chi connectivity index (χ3v) is 3.92. The standard InChI is InChI=1S/C10H10ClN3O2S/c1-7-4-8(5-13-10(7)11)14-17(15,16)9-2-3-12-6-9/h2-6,12,14H,1H3. The van der Waals surface area contributed by atoms with Gasteiger partial charge in [-0.3, -0.25) is 4.72 Å². The molecule has 17 heavy (non-hydrogen) atoms. The molecule has 0 fully saturated rings. The number of rotatable bonds is 3. The lowest BCUT2D eigenvalue weighted by Crippen LogP contribution is -2.12. The van der Waals surface area contributed by atoms with Crippen LogP contribution in [-0.4, -0.2) is 18.4 Å². The first-order valence-electron chi connectivity index (χ1n) is 4.77. The van der Waals surface area contributed by atoms with Crippen molar-refractivity contribution in [2.45, 2.75) is 11.8 Å². The summed E-state index contributed by atoms with van der Waals surface area (Å²) < 4.78 is 26.2. The smallest absolute Gasteiger partial charge is 0.263 e. The number of aromatic amines is 1. The molecule has 7 heteroatoms. The van der Waals surface area contributed by atoms with Crippen molar-refractivity contribution in [3.05, 3.63) is 41.4 Å². The van der Waals surface area contributed by atoms with E-state index < -0.39 is 10.0 Å². The van der Waals surface area contributed by atoms with Crippen LogP contribution in [0.15, 0.2) is 35.6 Å². The third-order valence-electron chi connectivity index (χ3n) is 2.15. The Hall–Kier alpha value is -1.53. The number of pyridine rings is 1. The van der Waals surface area contributed by atoms with E-state index in [2.05, 4.69) is 14.7 Å². The predicted molar refractivity (Wildman–Crippen MR) is 65.6 cm³/mol. The number of hydrogen-bond acceptors (Lipinski definition) is 3. The fraction of sp³-hybridized carbons (Fsp3) is 0.100. The van der Waals surface area contributed by atoms with Crippen LogP contribution in [0.5, 0.6) is 0 Å². The average molecular weight is 272 g/mol. The van der Waals surface area contributed by atoms with Crippen LogP contribution in [0.2, 0.25) is 5.15 Å². The predicted octanol–water partition coefficient (Wildman–Crippen LogP) is 2.17. The fourth-order valence-corrected chi connectivity index (χ4v) is 2.42. The molecule has 90 valence electrons. The van der Waals surface area contributed by atoms with Gasteiger partial charge in [-0.05, 0) is 24.6 Å². The van der Waals surface area contributed by atoms with Crippen molar-refractivity contribution in [2.75, 3.05) is 4.72 Å². The van der Waals surface area contributed by atoms with Crippen molar-refractivity contribution >= 4 is 27.3 Å². The summed E-state index contributed by atoms with van der Waals surface area (Å²) in [5.41, 5.74) is 1.09. The second-order valence-electron chi connectivity index (χ2n) is 3.48. The average Bonchev–Trinajstić information content (AvgIpc) is 2.77. The molecule has 5 nitrogen and oxygen atoms in total. The summed E-state index contributed by atoms with van der Waals surface area (Å²) in [6.45, 7) is 1.75. The first-order chi connectivity index (χ1) is 7.99. The molecule has 0 bridgehead atoms. The lowest BCUT2D eigenvalue weighted by atomic mass is 10.3. The lowest BCUT2D eigenvalue weighted by molar-refractivity contribution is 0.601. The van der Waals surface area contributed by atoms with Crippen molar-refractivity contribution in [3.63, 3.8) is 0 Å². The normalized spacial score (nSPS) is 11.4. The Kier molecular flexibility index (Phi) is 3.08. The van der Waals surface area contributed by atoms with E-state index in [1.54, 1.807) is 19.2 Å². The van der Waals surface area contributed by atoms with E-state index in [1.165, 1.54) is 18.5 Å². The molecule has 0 amide bonds. The highest BCUT2D eigenvalue weighted by molar-refractivity contribution is 7.92. The van der Waals surface area contributed by atoms with Crippen molar-refractivity contribution < 1.29 is 8.42 Å². The van der Waals surface area contributed by atoms with Crippen LogP contribution in [0, 0.1) is 6.92 Å². The van der Waals surface area contributed by atoms with Gasteiger partial charge in [-0.15, -0.1) is 0 Å². The van der Waals surface area contributed by atoms with Gasteiger partial charge < -0.3 is 4.98 Å². The molecule has 0 spiro atoms. The molecule has 2 aromatic rings. The van der Waals surface area contributed by atoms with Crippen LogP contribution in [-0.2, 0) is 10.0 Å². The highest BCUT2D eigenvalue weighted by Crippen LogP contribution is 2.19. The number of nitrogens with one attached hydrogen (secondary N) is 2. The largest absolute Gasteiger partial charge is 0.366 e. The van der Waals surface area contributed by atoms with Crippen molar-refractivity contribution in [1.29, 1.82) is 0 Å². The highest BCUT2D eigenvalue weighted by atomic mass is 35.5. The summed E-state index contributed by atoms with van der Waals surface area (Å²) >= 11 is 5.76. The quantitative estimate of drug-likeness (QED) is 0.840. The molecular weight excluding hydrogens is 262 g/mol. The van der Waals surface area contributed by atoms with Gasteiger partial charge in [-0.25, -0.2) is 13.4 Å². The van der Waals surface area contributed by atoms with Crippen LogP contribution >= 0.6 is 11.6 Å². The number of nitrogens with zero attached hydrogens (tertiary/aromatic N) is 1. The molecule has 0 aliphatic heterocycles. The van der Waals surface area contributed by atoms with Crippen LogP contribution in [0.1, 0.15) is 5.56 Å². The molecule has 0 saturated carbocycles. The van der Waals surface area contributed by atoms with E-state index in [0.29, 0.717) is 16.4 Å². The van der Waals surface area contributed by atoms with Gasteiger partial charge in [0, 0.05) is 12.4 Å². The first-order valence-corrected chi connectivity index (χ1v) is 6.63. The van der Waals surface area contributed by atoms with E-state index in [1.807, 2.05) is 0 Å². The van der Waals surface area contributed by atoms with Crippen LogP contribution in [0.25, 0.3) is 0 Å². The van der Waals surface area contributed by atoms with Gasteiger partial charge in [-0.1, -0.05) is 11.6 Å². The number of halogens is 1. The second-order valence-corrected chi connectivity index (χ2v) is 5.52. The van der Waals surface area contributed by atoms with E-state index in [-0.39, 0.29) is 4.90 Å². The summed E-state index contributed by atoms with van der Waals surface area (Å²) in [5, 5.41) is 0.356. The van der Waals surface area contributed by atoms with Gasteiger partial charge >= 0.3 is 0 Å². The van der Waals surface area contributed by atoms with Gasteiger partial charge in [-0.2, -0.15) is 0 Å². The Balaban J connectivity index is 2.30. The Bertz CT molecular complexity index is 623. The molecule has 0 atom stereocenters. The van der Waals surface area contributed by atoms with Crippen molar-refractivity contribution in [1.82, 2.24) is 9.97 Å². The van der Waals surface area contributed by atoms with E-state index in [9.17, 15) is 8.42 Å². The molecule has 2 heterocycles.